The third-order valence-electron chi connectivity index (χ3n) is 4.10. The second kappa shape index (κ2) is 6.45. The third kappa shape index (κ3) is 3.24. The molecule has 2 N–H and O–H groups in total. The van der Waals surface area contributed by atoms with Crippen molar-refractivity contribution >= 4 is 23.2 Å². The highest BCUT2D eigenvalue weighted by molar-refractivity contribution is 7.17. The molecule has 1 saturated heterocycles. The molecule has 0 unspecified atom stereocenters. The maximum absolute atomic E-state index is 12.7. The van der Waals surface area contributed by atoms with Crippen LogP contribution in [0, 0.1) is 12.8 Å². The third-order valence-corrected chi connectivity index (χ3v) is 5.30. The van der Waals surface area contributed by atoms with Gasteiger partial charge in [0.05, 0.1) is 5.69 Å². The predicted octanol–water partition coefficient (Wildman–Crippen LogP) is 1.85. The van der Waals surface area contributed by atoms with Crippen LogP contribution in [0.5, 0.6) is 0 Å². The van der Waals surface area contributed by atoms with Gasteiger partial charge in [-0.05, 0) is 31.9 Å². The number of carbonyl (C=O) groups is 2. The van der Waals surface area contributed by atoms with Gasteiger partial charge in [0.2, 0.25) is 5.91 Å². The van der Waals surface area contributed by atoms with Crippen molar-refractivity contribution in [2.24, 2.45) is 11.7 Å². The van der Waals surface area contributed by atoms with E-state index in [1.54, 1.807) is 17.3 Å². The Kier molecular flexibility index (Phi) is 4.38. The number of hydrogen-bond donors (Lipinski definition) is 1. The predicted molar refractivity (Wildman–Crippen MR) is 87.9 cm³/mol. The number of primary amides is 1. The fourth-order valence-corrected chi connectivity index (χ4v) is 3.76. The summed E-state index contributed by atoms with van der Waals surface area (Å²) in [6.07, 6.45) is 4.69. The number of pyridine rings is 1. The highest BCUT2D eigenvalue weighted by Gasteiger charge is 2.28. The molecule has 0 saturated carbocycles. The van der Waals surface area contributed by atoms with Crippen molar-refractivity contribution < 1.29 is 9.59 Å². The summed E-state index contributed by atoms with van der Waals surface area (Å²) in [5.74, 6) is -0.400. The van der Waals surface area contributed by atoms with Crippen LogP contribution < -0.4 is 5.73 Å². The van der Waals surface area contributed by atoms with Gasteiger partial charge in [0.1, 0.15) is 9.88 Å². The maximum Gasteiger partial charge on any atom is 0.265 e. The van der Waals surface area contributed by atoms with E-state index in [9.17, 15) is 9.59 Å². The van der Waals surface area contributed by atoms with Crippen LogP contribution in [-0.2, 0) is 4.79 Å². The molecule has 3 rings (SSSR count). The lowest BCUT2D eigenvalue weighted by Crippen LogP contribution is -2.41. The molecule has 0 radical (unpaired) electrons. The van der Waals surface area contributed by atoms with Crippen LogP contribution in [0.15, 0.2) is 24.5 Å². The van der Waals surface area contributed by atoms with Gasteiger partial charge in [0, 0.05) is 37.0 Å². The first-order valence-electron chi connectivity index (χ1n) is 7.52. The van der Waals surface area contributed by atoms with Crippen molar-refractivity contribution in [2.45, 2.75) is 19.8 Å². The molecule has 1 fully saturated rings. The number of aryl methyl sites for hydroxylation is 1. The normalized spacial score (nSPS) is 15.6. The van der Waals surface area contributed by atoms with Crippen LogP contribution in [0.3, 0.4) is 0 Å². The second-order valence-electron chi connectivity index (χ2n) is 5.64. The van der Waals surface area contributed by atoms with E-state index in [2.05, 4.69) is 9.97 Å². The summed E-state index contributed by atoms with van der Waals surface area (Å²) in [4.78, 5) is 34.9. The highest BCUT2D eigenvalue weighted by Crippen LogP contribution is 2.29. The van der Waals surface area contributed by atoms with Gasteiger partial charge in [0.25, 0.3) is 5.91 Å². The summed E-state index contributed by atoms with van der Waals surface area (Å²) >= 11 is 1.40. The smallest absolute Gasteiger partial charge is 0.265 e. The van der Waals surface area contributed by atoms with Gasteiger partial charge in [-0.25, -0.2) is 4.98 Å². The number of aromatic nitrogens is 2. The molecule has 1 aliphatic rings. The lowest BCUT2D eigenvalue weighted by molar-refractivity contribution is -0.123. The number of thiazole rings is 1. The van der Waals surface area contributed by atoms with Gasteiger partial charge >= 0.3 is 0 Å². The van der Waals surface area contributed by atoms with Gasteiger partial charge in [0.15, 0.2) is 0 Å². The van der Waals surface area contributed by atoms with Crippen molar-refractivity contribution in [3.8, 4) is 10.6 Å². The molecule has 2 aromatic rings. The van der Waals surface area contributed by atoms with Crippen molar-refractivity contribution in [1.29, 1.82) is 0 Å². The summed E-state index contributed by atoms with van der Waals surface area (Å²) in [5, 5.41) is 0.820. The number of nitrogens with two attached hydrogens (primary N) is 1. The average Bonchev–Trinajstić information content (AvgIpc) is 2.97. The van der Waals surface area contributed by atoms with Gasteiger partial charge < -0.3 is 10.6 Å². The Balaban J connectivity index is 1.76. The SMILES string of the molecule is Cc1nc(-c2ccncc2)sc1C(=O)N1CCC(C(N)=O)CC1. The molecule has 23 heavy (non-hydrogen) atoms. The van der Waals surface area contributed by atoms with Crippen molar-refractivity contribution in [2.75, 3.05) is 13.1 Å². The number of carbonyl (C=O) groups excluding carboxylic acids is 2. The molecule has 0 atom stereocenters. The molecule has 0 aromatic carbocycles. The monoisotopic (exact) mass is 330 g/mol. The van der Waals surface area contributed by atoms with Crippen molar-refractivity contribution in [3.05, 3.63) is 35.1 Å². The van der Waals surface area contributed by atoms with Crippen LogP contribution in [0.4, 0.5) is 0 Å². The summed E-state index contributed by atoms with van der Waals surface area (Å²) in [5.41, 5.74) is 7.03. The molecular weight excluding hydrogens is 312 g/mol. The number of likely N-dealkylation sites (tertiary alicyclic amines) is 1. The molecule has 2 aromatic heterocycles. The molecule has 2 amide bonds. The Labute approximate surface area is 138 Å². The number of nitrogens with zero attached hydrogens (tertiary/aromatic N) is 3. The van der Waals surface area contributed by atoms with E-state index in [-0.39, 0.29) is 17.7 Å². The van der Waals surface area contributed by atoms with E-state index >= 15 is 0 Å². The Morgan fingerprint density at radius 1 is 1.26 bits per heavy atom. The summed E-state index contributed by atoms with van der Waals surface area (Å²) in [7, 11) is 0. The molecule has 6 nitrogen and oxygen atoms in total. The quantitative estimate of drug-likeness (QED) is 0.930. The van der Waals surface area contributed by atoms with E-state index in [1.165, 1.54) is 11.3 Å². The molecule has 120 valence electrons. The summed E-state index contributed by atoms with van der Waals surface area (Å²) < 4.78 is 0. The first kappa shape index (κ1) is 15.6. The van der Waals surface area contributed by atoms with Gasteiger partial charge in [-0.15, -0.1) is 11.3 Å². The minimum atomic E-state index is -0.272. The van der Waals surface area contributed by atoms with Gasteiger partial charge in [-0.3, -0.25) is 14.6 Å². The van der Waals surface area contributed by atoms with Crippen LogP contribution >= 0.6 is 11.3 Å². The van der Waals surface area contributed by atoms with Crippen LogP contribution in [0.25, 0.3) is 10.6 Å². The van der Waals surface area contributed by atoms with Crippen LogP contribution in [0.1, 0.15) is 28.2 Å². The lowest BCUT2D eigenvalue weighted by Gasteiger charge is -2.30. The number of amides is 2. The van der Waals surface area contributed by atoms with Crippen molar-refractivity contribution in [3.63, 3.8) is 0 Å². The zero-order valence-corrected chi connectivity index (χ0v) is 13.7. The highest BCUT2D eigenvalue weighted by atomic mass is 32.1. The van der Waals surface area contributed by atoms with Crippen molar-refractivity contribution in [1.82, 2.24) is 14.9 Å². The molecule has 1 aliphatic heterocycles. The first-order valence-corrected chi connectivity index (χ1v) is 8.34. The minimum Gasteiger partial charge on any atom is -0.369 e. The molecule has 3 heterocycles. The Morgan fingerprint density at radius 2 is 1.91 bits per heavy atom. The maximum atomic E-state index is 12.7. The largest absolute Gasteiger partial charge is 0.369 e. The number of rotatable bonds is 3. The second-order valence-corrected chi connectivity index (χ2v) is 6.64. The van der Waals surface area contributed by atoms with Crippen LogP contribution in [0.2, 0.25) is 0 Å². The minimum absolute atomic E-state index is 0.0109. The molecular formula is C16H18N4O2S. The summed E-state index contributed by atoms with van der Waals surface area (Å²) in [6, 6.07) is 3.76. The zero-order valence-electron chi connectivity index (χ0n) is 12.9. The van der Waals surface area contributed by atoms with E-state index in [4.69, 9.17) is 5.73 Å². The molecule has 0 bridgehead atoms. The van der Waals surface area contributed by atoms with Gasteiger partial charge in [-0.1, -0.05) is 0 Å². The van der Waals surface area contributed by atoms with Crippen LogP contribution in [-0.4, -0.2) is 39.8 Å². The fourth-order valence-electron chi connectivity index (χ4n) is 2.72. The molecule has 7 heteroatoms. The van der Waals surface area contributed by atoms with E-state index in [1.807, 2.05) is 19.1 Å². The topological polar surface area (TPSA) is 89.2 Å². The van der Waals surface area contributed by atoms with Gasteiger partial charge in [-0.2, -0.15) is 0 Å². The number of hydrogen-bond acceptors (Lipinski definition) is 5. The molecule has 0 aliphatic carbocycles. The Hall–Kier alpha value is -2.28. The fraction of sp³-hybridized carbons (Fsp3) is 0.375. The molecule has 0 spiro atoms. The standard InChI is InChI=1S/C16H18N4O2S/c1-10-13(23-15(19-10)12-2-6-18-7-3-12)16(22)20-8-4-11(5-9-20)14(17)21/h2-3,6-7,11H,4-5,8-9H2,1H3,(H2,17,21). The average molecular weight is 330 g/mol. The first-order chi connectivity index (χ1) is 11.1. The lowest BCUT2D eigenvalue weighted by atomic mass is 9.96. The Bertz CT molecular complexity index is 721. The van der Waals surface area contributed by atoms with E-state index < -0.39 is 0 Å². The Morgan fingerprint density at radius 3 is 2.52 bits per heavy atom. The van der Waals surface area contributed by atoms with E-state index in [0.29, 0.717) is 30.8 Å². The summed E-state index contributed by atoms with van der Waals surface area (Å²) in [6.45, 7) is 2.98. The zero-order chi connectivity index (χ0) is 16.4. The van der Waals surface area contributed by atoms with E-state index in [0.717, 1.165) is 16.3 Å². The number of piperidine rings is 1.